The zero-order valence-electron chi connectivity index (χ0n) is 14.6. The van der Waals surface area contributed by atoms with E-state index in [1.807, 2.05) is 12.1 Å². The van der Waals surface area contributed by atoms with Gasteiger partial charge < -0.3 is 9.29 Å². The maximum absolute atomic E-state index is 12.7. The second kappa shape index (κ2) is 8.28. The largest absolute Gasteiger partial charge is 0.755 e. The highest BCUT2D eigenvalue weighted by molar-refractivity contribution is 7.77. The third kappa shape index (κ3) is 4.15. The van der Waals surface area contributed by atoms with E-state index >= 15 is 0 Å². The summed E-state index contributed by atoms with van der Waals surface area (Å²) in [7, 11) is 1.56. The van der Waals surface area contributed by atoms with Crippen LogP contribution in [0, 0.1) is 5.92 Å². The van der Waals surface area contributed by atoms with Crippen LogP contribution in [-0.4, -0.2) is 31.9 Å². The molecule has 1 aliphatic heterocycles. The van der Waals surface area contributed by atoms with Crippen LogP contribution in [0.15, 0.2) is 66.9 Å². The third-order valence-electron chi connectivity index (χ3n) is 4.56. The number of methoxy groups -OCH3 is 1. The van der Waals surface area contributed by atoms with E-state index in [-0.39, 0.29) is 12.2 Å². The van der Waals surface area contributed by atoms with Crippen LogP contribution in [0.2, 0.25) is 0 Å². The van der Waals surface area contributed by atoms with Crippen molar-refractivity contribution in [1.29, 1.82) is 0 Å². The maximum atomic E-state index is 12.7. The highest BCUT2D eigenvalue weighted by atomic mass is 32.2. The van der Waals surface area contributed by atoms with Gasteiger partial charge in [-0.2, -0.15) is 0 Å². The van der Waals surface area contributed by atoms with E-state index in [0.717, 1.165) is 5.56 Å². The number of ether oxygens (including phenoxy) is 1. The number of benzene rings is 2. The molecular weight excluding hydrogens is 366 g/mol. The highest BCUT2D eigenvalue weighted by Gasteiger charge is 2.36. The molecule has 1 amide bonds. The van der Waals surface area contributed by atoms with Crippen LogP contribution < -0.4 is 4.74 Å². The van der Waals surface area contributed by atoms with Gasteiger partial charge in [-0.15, -0.1) is 0 Å². The number of hydrogen-bond donors (Lipinski definition) is 0. The van der Waals surface area contributed by atoms with E-state index in [2.05, 4.69) is 0 Å². The molecule has 27 heavy (non-hydrogen) atoms. The quantitative estimate of drug-likeness (QED) is 0.565. The highest BCUT2D eigenvalue weighted by Crippen LogP contribution is 2.35. The molecule has 140 valence electrons. The SMILES string of the molecule is COc1ccc([C@H]2C=CN(S(=O)[O-])C(=O)[C@H]2CC(=O)c2ccccc2)cc1. The molecule has 6 nitrogen and oxygen atoms in total. The van der Waals surface area contributed by atoms with Crippen molar-refractivity contribution in [2.24, 2.45) is 5.92 Å². The van der Waals surface area contributed by atoms with Gasteiger partial charge in [0.25, 0.3) is 0 Å². The van der Waals surface area contributed by atoms with Crippen molar-refractivity contribution in [2.45, 2.75) is 12.3 Å². The number of hydrogen-bond acceptors (Lipinski definition) is 5. The van der Waals surface area contributed by atoms with Crippen molar-refractivity contribution >= 4 is 23.0 Å². The first-order valence-corrected chi connectivity index (χ1v) is 9.37. The van der Waals surface area contributed by atoms with Crippen molar-refractivity contribution in [3.05, 3.63) is 78.0 Å². The summed E-state index contributed by atoms with van der Waals surface area (Å²) < 4.78 is 28.5. The normalized spacial score (nSPS) is 20.4. The Kier molecular flexibility index (Phi) is 5.83. The molecule has 0 N–H and O–H groups in total. The number of carbonyl (C=O) groups is 2. The van der Waals surface area contributed by atoms with Crippen molar-refractivity contribution < 1.29 is 23.1 Å². The lowest BCUT2D eigenvalue weighted by Gasteiger charge is -2.33. The standard InChI is InChI=1S/C20H19NO5S/c1-26-16-9-7-14(8-10-16)17-11-12-21(27(24)25)20(23)18(17)13-19(22)15-5-3-2-4-6-15/h2-12,17-18H,13H2,1H3,(H,24,25)/p-1/t17-,18+/m1/s1. The fraction of sp³-hybridized carbons (Fsp3) is 0.200. The van der Waals surface area contributed by atoms with Crippen LogP contribution in [0.25, 0.3) is 0 Å². The molecular formula is C20H18NO5S-. The molecule has 2 aromatic rings. The van der Waals surface area contributed by atoms with Gasteiger partial charge in [-0.3, -0.25) is 13.8 Å². The lowest BCUT2D eigenvalue weighted by Crippen LogP contribution is -2.40. The summed E-state index contributed by atoms with van der Waals surface area (Å²) in [6.45, 7) is 0. The number of Topliss-reactive ketones (excluding diaryl/α,β-unsaturated/α-hetero) is 1. The van der Waals surface area contributed by atoms with Gasteiger partial charge in [-0.25, -0.2) is 4.31 Å². The summed E-state index contributed by atoms with van der Waals surface area (Å²) in [5.41, 5.74) is 1.30. The van der Waals surface area contributed by atoms with E-state index in [4.69, 9.17) is 4.74 Å². The second-order valence-electron chi connectivity index (χ2n) is 6.12. The fourth-order valence-electron chi connectivity index (χ4n) is 3.14. The smallest absolute Gasteiger partial charge is 0.242 e. The van der Waals surface area contributed by atoms with Crippen LogP contribution in [0.5, 0.6) is 5.75 Å². The number of nitrogens with zero attached hydrogens (tertiary/aromatic N) is 1. The topological polar surface area (TPSA) is 86.7 Å². The van der Waals surface area contributed by atoms with E-state index in [1.165, 1.54) is 6.20 Å². The molecule has 0 radical (unpaired) electrons. The third-order valence-corrected chi connectivity index (χ3v) is 5.18. The van der Waals surface area contributed by atoms with Crippen LogP contribution >= 0.6 is 0 Å². The first kappa shape index (κ1) is 19.0. The Hall–Kier alpha value is -2.77. The molecule has 0 fully saturated rings. The number of rotatable bonds is 6. The van der Waals surface area contributed by atoms with E-state index in [9.17, 15) is 18.4 Å². The van der Waals surface area contributed by atoms with Crippen molar-refractivity contribution in [2.75, 3.05) is 7.11 Å². The number of carbonyl (C=O) groups excluding carboxylic acids is 2. The van der Waals surface area contributed by atoms with Gasteiger partial charge >= 0.3 is 0 Å². The minimum atomic E-state index is -2.72. The predicted octanol–water partition coefficient (Wildman–Crippen LogP) is 2.82. The van der Waals surface area contributed by atoms with Gasteiger partial charge in [0, 0.05) is 24.1 Å². The van der Waals surface area contributed by atoms with Gasteiger partial charge in [0.05, 0.1) is 24.3 Å². The summed E-state index contributed by atoms with van der Waals surface area (Å²) in [6, 6.07) is 15.8. The van der Waals surface area contributed by atoms with Crippen LogP contribution in [0.4, 0.5) is 0 Å². The van der Waals surface area contributed by atoms with E-state index in [0.29, 0.717) is 15.6 Å². The molecule has 1 heterocycles. The maximum Gasteiger partial charge on any atom is 0.242 e. The molecule has 0 aromatic heterocycles. The van der Waals surface area contributed by atoms with Gasteiger partial charge in [0.2, 0.25) is 5.91 Å². The molecule has 0 bridgehead atoms. The Morgan fingerprint density at radius 1 is 1.15 bits per heavy atom. The molecule has 0 saturated heterocycles. The molecule has 3 rings (SSSR count). The monoisotopic (exact) mass is 384 g/mol. The molecule has 1 unspecified atom stereocenters. The Balaban J connectivity index is 1.93. The molecule has 3 atom stereocenters. The lowest BCUT2D eigenvalue weighted by molar-refractivity contribution is -0.129. The Bertz CT molecular complexity index is 879. The zero-order valence-corrected chi connectivity index (χ0v) is 15.4. The number of amides is 1. The van der Waals surface area contributed by atoms with Crippen molar-refractivity contribution in [1.82, 2.24) is 4.31 Å². The fourth-order valence-corrected chi connectivity index (χ4v) is 3.60. The Morgan fingerprint density at radius 2 is 1.81 bits per heavy atom. The van der Waals surface area contributed by atoms with Crippen molar-refractivity contribution in [3.63, 3.8) is 0 Å². The average Bonchev–Trinajstić information content (AvgIpc) is 2.70. The molecule has 0 spiro atoms. The van der Waals surface area contributed by atoms with Crippen LogP contribution in [0.3, 0.4) is 0 Å². The Morgan fingerprint density at radius 3 is 2.41 bits per heavy atom. The Labute approximate surface area is 159 Å². The predicted molar refractivity (Wildman–Crippen MR) is 99.5 cm³/mol. The van der Waals surface area contributed by atoms with E-state index < -0.39 is 29.0 Å². The summed E-state index contributed by atoms with van der Waals surface area (Å²) in [5.74, 6) is -1.37. The van der Waals surface area contributed by atoms with Crippen LogP contribution in [0.1, 0.15) is 28.3 Å². The first-order chi connectivity index (χ1) is 13.0. The molecule has 7 heteroatoms. The summed E-state index contributed by atoms with van der Waals surface area (Å²) in [4.78, 5) is 25.4. The lowest BCUT2D eigenvalue weighted by atomic mass is 9.80. The number of ketones is 1. The summed E-state index contributed by atoms with van der Waals surface area (Å²) >= 11 is -2.72. The zero-order chi connectivity index (χ0) is 19.4. The van der Waals surface area contributed by atoms with Crippen molar-refractivity contribution in [3.8, 4) is 5.75 Å². The second-order valence-corrected chi connectivity index (χ2v) is 6.95. The van der Waals surface area contributed by atoms with Gasteiger partial charge in [-0.05, 0) is 17.7 Å². The molecule has 2 aromatic carbocycles. The minimum Gasteiger partial charge on any atom is -0.755 e. The summed E-state index contributed by atoms with van der Waals surface area (Å²) in [6.07, 6.45) is 2.80. The molecule has 0 aliphatic carbocycles. The number of allylic oxidation sites excluding steroid dienone is 1. The first-order valence-electron chi connectivity index (χ1n) is 8.34. The molecule has 0 saturated carbocycles. The van der Waals surface area contributed by atoms with Gasteiger partial charge in [0.1, 0.15) is 5.75 Å². The van der Waals surface area contributed by atoms with E-state index in [1.54, 1.807) is 55.7 Å². The average molecular weight is 384 g/mol. The summed E-state index contributed by atoms with van der Waals surface area (Å²) in [5, 5.41) is 0. The minimum absolute atomic E-state index is 0.0857. The van der Waals surface area contributed by atoms with Crippen LogP contribution in [-0.2, 0) is 16.1 Å². The van der Waals surface area contributed by atoms with Gasteiger partial charge in [0.15, 0.2) is 5.78 Å². The van der Waals surface area contributed by atoms with Gasteiger partial charge in [-0.1, -0.05) is 48.5 Å². The molecule has 1 aliphatic rings.